The summed E-state index contributed by atoms with van der Waals surface area (Å²) in [4.78, 5) is 4.18. The third-order valence-corrected chi connectivity index (χ3v) is 3.38. The van der Waals surface area contributed by atoms with Gasteiger partial charge in [0.25, 0.3) is 0 Å². The molecular weight excluding hydrogens is 400 g/mol. The topological polar surface area (TPSA) is 12.9 Å². The molecule has 0 saturated carbocycles. The third-order valence-electron chi connectivity index (χ3n) is 3.38. The molecule has 1 atom stereocenters. The summed E-state index contributed by atoms with van der Waals surface area (Å²) < 4.78 is 16.0. The molecule has 0 fully saturated rings. The Morgan fingerprint density at radius 2 is 1.64 bits per heavy atom. The smallest absolute Gasteiger partial charge is 0.180 e. The minimum atomic E-state index is -1.88. The van der Waals surface area contributed by atoms with Gasteiger partial charge in [0, 0.05) is 48.2 Å². The van der Waals surface area contributed by atoms with E-state index in [0.717, 1.165) is 0 Å². The Hall–Kier alpha value is -1.29. The molecule has 3 aromatic rings. The van der Waals surface area contributed by atoms with E-state index in [1.807, 2.05) is 12.1 Å². The number of halogens is 1. The standard InChI is InChI=1S/C19H13FN.La/c1-15-9-8-14-18(21-15)19(20,16-10-4-2-5-11-16)17-12-6-3-7-13-17;/h1-12,14H;/q-1;. The molecule has 0 amide bonds. The van der Waals surface area contributed by atoms with E-state index in [0.29, 0.717) is 16.8 Å². The van der Waals surface area contributed by atoms with E-state index in [2.05, 4.69) is 11.1 Å². The SMILES string of the molecule is [CH]c1cccc(C(F)(c2[c-]cccc2)c2ccccc2)n1.[La]. The summed E-state index contributed by atoms with van der Waals surface area (Å²) in [5.74, 6) is 0. The van der Waals surface area contributed by atoms with E-state index < -0.39 is 5.67 Å². The van der Waals surface area contributed by atoms with Crippen molar-refractivity contribution in [3.8, 4) is 0 Å². The summed E-state index contributed by atoms with van der Waals surface area (Å²) in [7, 11) is 0. The molecule has 0 saturated heterocycles. The van der Waals surface area contributed by atoms with Gasteiger partial charge in [0.2, 0.25) is 0 Å². The number of aromatic nitrogens is 1. The number of hydrogen-bond acceptors (Lipinski definition) is 1. The fourth-order valence-electron chi connectivity index (χ4n) is 2.36. The zero-order chi connectivity index (χ0) is 14.7. The van der Waals surface area contributed by atoms with Gasteiger partial charge in [-0.25, -0.2) is 4.39 Å². The van der Waals surface area contributed by atoms with E-state index >= 15 is 4.39 Å². The molecule has 1 unspecified atom stereocenters. The molecular formula is C19H13FLaN-. The maximum atomic E-state index is 16.0. The zero-order valence-corrected chi connectivity index (χ0v) is 15.5. The van der Waals surface area contributed by atoms with Gasteiger partial charge in [-0.05, 0) is 17.7 Å². The van der Waals surface area contributed by atoms with Crippen LogP contribution in [0, 0.1) is 48.6 Å². The van der Waals surface area contributed by atoms with Gasteiger partial charge in [-0.3, -0.25) is 4.98 Å². The number of benzene rings is 2. The molecule has 0 N–H and O–H groups in total. The van der Waals surface area contributed by atoms with Gasteiger partial charge < -0.3 is 0 Å². The molecule has 3 radical (unpaired) electrons. The number of alkyl halides is 1. The van der Waals surface area contributed by atoms with Crippen LogP contribution in [0.5, 0.6) is 0 Å². The normalized spacial score (nSPS) is 13.0. The second kappa shape index (κ2) is 7.32. The van der Waals surface area contributed by atoms with Crippen LogP contribution in [-0.2, 0) is 5.67 Å². The monoisotopic (exact) mass is 413 g/mol. The van der Waals surface area contributed by atoms with Crippen molar-refractivity contribution in [3.63, 3.8) is 0 Å². The third kappa shape index (κ3) is 3.22. The summed E-state index contributed by atoms with van der Waals surface area (Å²) >= 11 is 0. The molecule has 3 heteroatoms. The maximum Gasteiger partial charge on any atom is 0.180 e. The molecule has 0 aliphatic rings. The Morgan fingerprint density at radius 1 is 0.909 bits per heavy atom. The fraction of sp³-hybridized carbons (Fsp3) is 0.0526. The van der Waals surface area contributed by atoms with Crippen LogP contribution in [0.4, 0.5) is 4.39 Å². The second-order valence-corrected chi connectivity index (χ2v) is 4.75. The van der Waals surface area contributed by atoms with Gasteiger partial charge in [0.15, 0.2) is 5.67 Å². The number of hydrogen-bond donors (Lipinski definition) is 0. The number of rotatable bonds is 3. The predicted molar refractivity (Wildman–Crippen MR) is 80.3 cm³/mol. The quantitative estimate of drug-likeness (QED) is 0.587. The van der Waals surface area contributed by atoms with Crippen molar-refractivity contribution in [3.05, 3.63) is 108 Å². The Morgan fingerprint density at radius 3 is 2.27 bits per heavy atom. The molecule has 0 aliphatic carbocycles. The molecule has 0 aliphatic heterocycles. The summed E-state index contributed by atoms with van der Waals surface area (Å²) in [6.45, 7) is 5.72. The summed E-state index contributed by atoms with van der Waals surface area (Å²) in [6, 6.07) is 23.9. The molecule has 0 bridgehead atoms. The minimum absolute atomic E-state index is 0. The Labute approximate surface area is 158 Å². The van der Waals surface area contributed by atoms with Crippen LogP contribution in [-0.4, -0.2) is 4.98 Å². The molecule has 1 nitrogen and oxygen atoms in total. The Kier molecular flexibility index (Phi) is 5.68. The number of nitrogens with zero attached hydrogens (tertiary/aromatic N) is 1. The first-order valence-electron chi connectivity index (χ1n) is 6.66. The van der Waals surface area contributed by atoms with Crippen LogP contribution in [0.15, 0.2) is 72.8 Å². The first kappa shape index (κ1) is 17.1. The van der Waals surface area contributed by atoms with Gasteiger partial charge in [-0.2, -0.15) is 30.3 Å². The molecule has 2 aromatic carbocycles. The summed E-state index contributed by atoms with van der Waals surface area (Å²) in [5, 5.41) is 0. The van der Waals surface area contributed by atoms with Gasteiger partial charge in [0.05, 0.1) is 5.69 Å². The van der Waals surface area contributed by atoms with E-state index in [4.69, 9.17) is 6.92 Å². The van der Waals surface area contributed by atoms with Gasteiger partial charge in [0.1, 0.15) is 0 Å². The Bertz CT molecular complexity index is 689. The molecule has 1 heterocycles. The molecule has 1 aromatic heterocycles. The Balaban J connectivity index is 0.00000176. The van der Waals surface area contributed by atoms with E-state index in [1.165, 1.54) is 0 Å². The van der Waals surface area contributed by atoms with Crippen molar-refractivity contribution in [2.75, 3.05) is 0 Å². The van der Waals surface area contributed by atoms with Crippen molar-refractivity contribution < 1.29 is 40.0 Å². The van der Waals surface area contributed by atoms with Crippen molar-refractivity contribution in [2.45, 2.75) is 5.67 Å². The van der Waals surface area contributed by atoms with Crippen molar-refractivity contribution in [1.29, 1.82) is 0 Å². The average molecular weight is 413 g/mol. The summed E-state index contributed by atoms with van der Waals surface area (Å²) in [5.41, 5.74) is -0.407. The largest absolute Gasteiger partial charge is 0.253 e. The second-order valence-electron chi connectivity index (χ2n) is 4.75. The van der Waals surface area contributed by atoms with E-state index in [-0.39, 0.29) is 41.3 Å². The minimum Gasteiger partial charge on any atom is -0.253 e. The van der Waals surface area contributed by atoms with Crippen LogP contribution in [0.2, 0.25) is 0 Å². The molecule has 0 spiro atoms. The molecule has 22 heavy (non-hydrogen) atoms. The van der Waals surface area contributed by atoms with E-state index in [9.17, 15) is 0 Å². The van der Waals surface area contributed by atoms with Crippen LogP contribution in [0.3, 0.4) is 0 Å². The fourth-order valence-corrected chi connectivity index (χ4v) is 2.36. The predicted octanol–water partition coefficient (Wildman–Crippen LogP) is 4.20. The maximum absolute atomic E-state index is 16.0. The van der Waals surface area contributed by atoms with Gasteiger partial charge >= 0.3 is 0 Å². The summed E-state index contributed by atoms with van der Waals surface area (Å²) in [6.07, 6.45) is 0. The van der Waals surface area contributed by atoms with Crippen LogP contribution in [0.25, 0.3) is 0 Å². The molecule has 105 valence electrons. The number of pyridine rings is 1. The first-order valence-corrected chi connectivity index (χ1v) is 6.66. The zero-order valence-electron chi connectivity index (χ0n) is 11.9. The van der Waals surface area contributed by atoms with Crippen LogP contribution < -0.4 is 0 Å². The van der Waals surface area contributed by atoms with Crippen LogP contribution >= 0.6 is 0 Å². The first-order chi connectivity index (χ1) is 10.2. The molecule has 3 rings (SSSR count). The van der Waals surface area contributed by atoms with Crippen molar-refractivity contribution in [2.24, 2.45) is 0 Å². The van der Waals surface area contributed by atoms with Crippen LogP contribution in [0.1, 0.15) is 22.5 Å². The van der Waals surface area contributed by atoms with E-state index in [1.54, 1.807) is 60.7 Å². The van der Waals surface area contributed by atoms with Crippen molar-refractivity contribution >= 4 is 0 Å². The van der Waals surface area contributed by atoms with Gasteiger partial charge in [-0.15, -0.1) is 5.56 Å². The average Bonchev–Trinajstić information content (AvgIpc) is 2.56. The van der Waals surface area contributed by atoms with Gasteiger partial charge in [-0.1, -0.05) is 36.4 Å². The van der Waals surface area contributed by atoms with Crippen molar-refractivity contribution in [1.82, 2.24) is 4.98 Å².